The normalized spacial score (nSPS) is 11.5. The average Bonchev–Trinajstić information content (AvgIpc) is 3.31. The van der Waals surface area contributed by atoms with Gasteiger partial charge in [0, 0.05) is 17.3 Å². The number of imidazole rings is 1. The van der Waals surface area contributed by atoms with E-state index in [0.717, 1.165) is 32.9 Å². The van der Waals surface area contributed by atoms with Gasteiger partial charge in [-0.05, 0) is 35.4 Å². The van der Waals surface area contributed by atoms with E-state index in [1.807, 2.05) is 46.3 Å². The summed E-state index contributed by atoms with van der Waals surface area (Å²) in [5.74, 6) is 0. The first-order valence-electron chi connectivity index (χ1n) is 8.03. The molecule has 0 fully saturated rings. The number of hydrogen-bond acceptors (Lipinski definition) is 6. The molecular formula is C19H16N4O2S. The maximum absolute atomic E-state index is 8.67. The molecule has 2 heterocycles. The molecule has 0 saturated heterocycles. The first kappa shape index (κ1) is 16.4. The van der Waals surface area contributed by atoms with E-state index >= 15 is 0 Å². The van der Waals surface area contributed by atoms with E-state index in [0.29, 0.717) is 13.2 Å². The Labute approximate surface area is 154 Å². The predicted molar refractivity (Wildman–Crippen MR) is 101 cm³/mol. The molecule has 0 aliphatic rings. The predicted octanol–water partition coefficient (Wildman–Crippen LogP) is 4.01. The molecule has 7 heteroatoms. The Balaban J connectivity index is 1.55. The third kappa shape index (κ3) is 3.49. The van der Waals surface area contributed by atoms with Gasteiger partial charge in [-0.15, -0.1) is 11.3 Å². The van der Waals surface area contributed by atoms with Crippen LogP contribution in [-0.4, -0.2) is 26.0 Å². The van der Waals surface area contributed by atoms with Crippen molar-refractivity contribution in [2.45, 2.75) is 13.2 Å². The van der Waals surface area contributed by atoms with Gasteiger partial charge in [0.15, 0.2) is 0 Å². The quantitative estimate of drug-likeness (QED) is 0.319. The number of thiazole rings is 1. The lowest BCUT2D eigenvalue weighted by atomic mass is 10.2. The summed E-state index contributed by atoms with van der Waals surface area (Å²) in [5, 5.41) is 14.6. The Bertz CT molecular complexity index is 1040. The maximum atomic E-state index is 8.67. The van der Waals surface area contributed by atoms with Crippen LogP contribution in [0.2, 0.25) is 0 Å². The molecule has 0 unspecified atom stereocenters. The minimum Gasteiger partial charge on any atom is -0.411 e. The lowest BCUT2D eigenvalue weighted by Crippen LogP contribution is -1.97. The van der Waals surface area contributed by atoms with Gasteiger partial charge in [-0.25, -0.2) is 9.97 Å². The zero-order valence-electron chi connectivity index (χ0n) is 13.8. The molecule has 0 aliphatic heterocycles. The summed E-state index contributed by atoms with van der Waals surface area (Å²) in [4.78, 5) is 8.66. The fourth-order valence-electron chi connectivity index (χ4n) is 2.76. The molecule has 1 N–H and O–H groups in total. The van der Waals surface area contributed by atoms with E-state index in [1.54, 1.807) is 23.9 Å². The number of oxime groups is 1. The SMILES string of the molecule is ON=Cc1ccc2c(c1)ncn2-c1cccc(COCc2nccs2)c1. The zero-order chi connectivity index (χ0) is 17.8. The molecule has 0 atom stereocenters. The van der Waals surface area contributed by atoms with E-state index in [-0.39, 0.29) is 0 Å². The van der Waals surface area contributed by atoms with Gasteiger partial charge in [0.25, 0.3) is 0 Å². The van der Waals surface area contributed by atoms with E-state index in [1.165, 1.54) is 6.21 Å². The number of ether oxygens (including phenoxy) is 1. The zero-order valence-corrected chi connectivity index (χ0v) is 14.6. The van der Waals surface area contributed by atoms with E-state index in [9.17, 15) is 0 Å². The van der Waals surface area contributed by atoms with Crippen LogP contribution in [0.5, 0.6) is 0 Å². The number of fused-ring (bicyclic) bond motifs is 1. The van der Waals surface area contributed by atoms with Crippen molar-refractivity contribution in [2.75, 3.05) is 0 Å². The third-order valence-corrected chi connectivity index (χ3v) is 4.70. The Morgan fingerprint density at radius 3 is 2.96 bits per heavy atom. The highest BCUT2D eigenvalue weighted by Crippen LogP contribution is 2.20. The van der Waals surface area contributed by atoms with Crippen molar-refractivity contribution >= 4 is 28.6 Å². The Morgan fingerprint density at radius 1 is 1.15 bits per heavy atom. The van der Waals surface area contributed by atoms with Crippen LogP contribution in [-0.2, 0) is 18.0 Å². The largest absolute Gasteiger partial charge is 0.411 e. The van der Waals surface area contributed by atoms with Crippen molar-refractivity contribution < 1.29 is 9.94 Å². The number of hydrogen-bond donors (Lipinski definition) is 1. The van der Waals surface area contributed by atoms with E-state index in [4.69, 9.17) is 9.94 Å². The molecule has 0 spiro atoms. The number of nitrogens with zero attached hydrogens (tertiary/aromatic N) is 4. The Morgan fingerprint density at radius 2 is 2.12 bits per heavy atom. The summed E-state index contributed by atoms with van der Waals surface area (Å²) in [5.41, 5.74) is 4.74. The molecule has 2 aromatic carbocycles. The van der Waals surface area contributed by atoms with Gasteiger partial charge in [-0.1, -0.05) is 23.4 Å². The highest BCUT2D eigenvalue weighted by Gasteiger charge is 2.06. The molecule has 0 bridgehead atoms. The van der Waals surface area contributed by atoms with Crippen molar-refractivity contribution in [3.05, 3.63) is 76.5 Å². The van der Waals surface area contributed by atoms with E-state index in [2.05, 4.69) is 21.2 Å². The van der Waals surface area contributed by atoms with E-state index < -0.39 is 0 Å². The number of rotatable bonds is 6. The van der Waals surface area contributed by atoms with Crippen molar-refractivity contribution in [3.63, 3.8) is 0 Å². The minimum atomic E-state index is 0.519. The second-order valence-electron chi connectivity index (χ2n) is 5.70. The summed E-state index contributed by atoms with van der Waals surface area (Å²) in [6.07, 6.45) is 4.96. The summed E-state index contributed by atoms with van der Waals surface area (Å²) in [7, 11) is 0. The fraction of sp³-hybridized carbons (Fsp3) is 0.105. The lowest BCUT2D eigenvalue weighted by Gasteiger charge is -2.08. The van der Waals surface area contributed by atoms with Crippen LogP contribution in [0, 0.1) is 0 Å². The molecule has 2 aromatic heterocycles. The molecule has 130 valence electrons. The van der Waals surface area contributed by atoms with Gasteiger partial charge in [0.05, 0.1) is 30.5 Å². The summed E-state index contributed by atoms with van der Waals surface area (Å²) < 4.78 is 7.78. The monoisotopic (exact) mass is 364 g/mol. The first-order chi connectivity index (χ1) is 12.8. The number of aromatic nitrogens is 3. The molecule has 0 saturated carbocycles. The smallest absolute Gasteiger partial charge is 0.118 e. The van der Waals surface area contributed by atoms with Gasteiger partial charge in [0.1, 0.15) is 11.3 Å². The van der Waals surface area contributed by atoms with Crippen molar-refractivity contribution in [3.8, 4) is 5.69 Å². The van der Waals surface area contributed by atoms with Crippen LogP contribution in [0.15, 0.2) is 65.5 Å². The third-order valence-electron chi connectivity index (χ3n) is 3.94. The van der Waals surface area contributed by atoms with Crippen LogP contribution < -0.4 is 0 Å². The summed E-state index contributed by atoms with van der Waals surface area (Å²) in [6.45, 7) is 1.04. The second-order valence-corrected chi connectivity index (χ2v) is 6.67. The summed E-state index contributed by atoms with van der Waals surface area (Å²) in [6, 6.07) is 13.9. The molecular weight excluding hydrogens is 348 g/mol. The Kier molecular flexibility index (Phi) is 4.72. The van der Waals surface area contributed by atoms with Gasteiger partial charge in [-0.2, -0.15) is 0 Å². The highest BCUT2D eigenvalue weighted by molar-refractivity contribution is 7.09. The van der Waals surface area contributed by atoms with Gasteiger partial charge in [0.2, 0.25) is 0 Å². The molecule has 6 nitrogen and oxygen atoms in total. The second kappa shape index (κ2) is 7.47. The van der Waals surface area contributed by atoms with Gasteiger partial charge < -0.3 is 9.94 Å². The van der Waals surface area contributed by atoms with Crippen LogP contribution >= 0.6 is 11.3 Å². The molecule has 26 heavy (non-hydrogen) atoms. The first-order valence-corrected chi connectivity index (χ1v) is 8.91. The lowest BCUT2D eigenvalue weighted by molar-refractivity contribution is 0.107. The topological polar surface area (TPSA) is 72.5 Å². The van der Waals surface area contributed by atoms with Crippen molar-refractivity contribution in [1.82, 2.24) is 14.5 Å². The maximum Gasteiger partial charge on any atom is 0.118 e. The van der Waals surface area contributed by atoms with Gasteiger partial charge >= 0.3 is 0 Å². The molecule has 4 rings (SSSR count). The molecule has 0 radical (unpaired) electrons. The van der Waals surface area contributed by atoms with Crippen LogP contribution in [0.3, 0.4) is 0 Å². The molecule has 0 amide bonds. The van der Waals surface area contributed by atoms with Crippen LogP contribution in [0.4, 0.5) is 0 Å². The van der Waals surface area contributed by atoms with Gasteiger partial charge in [-0.3, -0.25) is 4.57 Å². The average molecular weight is 364 g/mol. The molecule has 4 aromatic rings. The molecule has 0 aliphatic carbocycles. The van der Waals surface area contributed by atoms with Crippen LogP contribution in [0.1, 0.15) is 16.1 Å². The Hall–Kier alpha value is -3.03. The van der Waals surface area contributed by atoms with Crippen LogP contribution in [0.25, 0.3) is 16.7 Å². The minimum absolute atomic E-state index is 0.519. The highest BCUT2D eigenvalue weighted by atomic mass is 32.1. The fourth-order valence-corrected chi connectivity index (χ4v) is 3.31. The summed E-state index contributed by atoms with van der Waals surface area (Å²) >= 11 is 1.59. The standard InChI is InChI=1S/C19H16N4O2S/c24-22-10-14-4-5-18-17(9-14)21-13-23(18)16-3-1-2-15(8-16)11-25-12-19-20-6-7-26-19/h1-10,13,24H,11-12H2. The van der Waals surface area contributed by atoms with Crippen molar-refractivity contribution in [2.24, 2.45) is 5.16 Å². The number of benzene rings is 2. The van der Waals surface area contributed by atoms with Crippen molar-refractivity contribution in [1.29, 1.82) is 0 Å².